The average molecular weight is 170 g/mol. The second-order valence-electron chi connectivity index (χ2n) is 3.78. The van der Waals surface area contributed by atoms with E-state index < -0.39 is 0 Å². The third-order valence-corrected chi connectivity index (χ3v) is 2.48. The Kier molecular flexibility index (Phi) is 3.09. The predicted molar refractivity (Wildman–Crippen MR) is 48.6 cm³/mol. The van der Waals surface area contributed by atoms with Crippen molar-refractivity contribution in [2.75, 3.05) is 13.1 Å². The van der Waals surface area contributed by atoms with Gasteiger partial charge in [0.25, 0.3) is 0 Å². The number of rotatable bonds is 3. The molecule has 0 aromatic rings. The van der Waals surface area contributed by atoms with Gasteiger partial charge in [0.05, 0.1) is 0 Å². The Morgan fingerprint density at radius 3 is 2.67 bits per heavy atom. The maximum Gasteiger partial charge on any atom is 0.222 e. The van der Waals surface area contributed by atoms with Crippen LogP contribution in [0.4, 0.5) is 0 Å². The minimum Gasteiger partial charge on any atom is -0.339 e. The SMILES string of the molecule is CC[C@@H](C)CC(=O)N1CC(N)C1. The van der Waals surface area contributed by atoms with Gasteiger partial charge in [0.1, 0.15) is 0 Å². The van der Waals surface area contributed by atoms with E-state index in [2.05, 4.69) is 13.8 Å². The maximum atomic E-state index is 11.4. The number of carbonyl (C=O) groups is 1. The smallest absolute Gasteiger partial charge is 0.222 e. The van der Waals surface area contributed by atoms with Crippen LogP contribution >= 0.6 is 0 Å². The third-order valence-electron chi connectivity index (χ3n) is 2.48. The molecular formula is C9H18N2O. The van der Waals surface area contributed by atoms with Gasteiger partial charge in [0.2, 0.25) is 5.91 Å². The summed E-state index contributed by atoms with van der Waals surface area (Å²) < 4.78 is 0. The van der Waals surface area contributed by atoms with E-state index in [1.54, 1.807) is 0 Å². The van der Waals surface area contributed by atoms with E-state index >= 15 is 0 Å². The zero-order chi connectivity index (χ0) is 9.14. The van der Waals surface area contributed by atoms with E-state index in [9.17, 15) is 4.79 Å². The van der Waals surface area contributed by atoms with Crippen LogP contribution in [0.25, 0.3) is 0 Å². The van der Waals surface area contributed by atoms with Crippen molar-refractivity contribution in [2.45, 2.75) is 32.7 Å². The Hall–Kier alpha value is -0.570. The molecule has 2 N–H and O–H groups in total. The van der Waals surface area contributed by atoms with Crippen LogP contribution in [0.2, 0.25) is 0 Å². The summed E-state index contributed by atoms with van der Waals surface area (Å²) >= 11 is 0. The van der Waals surface area contributed by atoms with Gasteiger partial charge in [-0.1, -0.05) is 20.3 Å². The van der Waals surface area contributed by atoms with Gasteiger partial charge in [0, 0.05) is 25.6 Å². The Bertz CT molecular complexity index is 164. The second-order valence-corrected chi connectivity index (χ2v) is 3.78. The first-order valence-electron chi connectivity index (χ1n) is 4.66. The maximum absolute atomic E-state index is 11.4. The number of hydrogen-bond donors (Lipinski definition) is 1. The summed E-state index contributed by atoms with van der Waals surface area (Å²) in [5.41, 5.74) is 5.58. The van der Waals surface area contributed by atoms with Gasteiger partial charge in [-0.25, -0.2) is 0 Å². The molecule has 1 saturated heterocycles. The fourth-order valence-corrected chi connectivity index (χ4v) is 1.29. The number of nitrogens with zero attached hydrogens (tertiary/aromatic N) is 1. The van der Waals surface area contributed by atoms with Gasteiger partial charge in [-0.3, -0.25) is 4.79 Å². The molecule has 1 amide bonds. The molecule has 0 aromatic carbocycles. The molecule has 0 bridgehead atoms. The van der Waals surface area contributed by atoms with Crippen LogP contribution in [0, 0.1) is 5.92 Å². The topological polar surface area (TPSA) is 46.3 Å². The van der Waals surface area contributed by atoms with Crippen LogP contribution in [0.15, 0.2) is 0 Å². The molecule has 1 aliphatic rings. The number of nitrogens with two attached hydrogens (primary N) is 1. The lowest BCUT2D eigenvalue weighted by Crippen LogP contribution is -2.58. The molecule has 3 heteroatoms. The molecule has 12 heavy (non-hydrogen) atoms. The minimum atomic E-state index is 0.228. The summed E-state index contributed by atoms with van der Waals surface area (Å²) in [6.45, 7) is 5.74. The van der Waals surface area contributed by atoms with Crippen LogP contribution in [0.3, 0.4) is 0 Å². The molecule has 0 spiro atoms. The molecule has 0 saturated carbocycles. The lowest BCUT2D eigenvalue weighted by atomic mass is 10.0. The van der Waals surface area contributed by atoms with Crippen molar-refractivity contribution >= 4 is 5.91 Å². The lowest BCUT2D eigenvalue weighted by molar-refractivity contribution is -0.136. The van der Waals surface area contributed by atoms with Crippen LogP contribution in [-0.4, -0.2) is 29.9 Å². The highest BCUT2D eigenvalue weighted by atomic mass is 16.2. The van der Waals surface area contributed by atoms with Crippen molar-refractivity contribution in [3.8, 4) is 0 Å². The summed E-state index contributed by atoms with van der Waals surface area (Å²) in [6.07, 6.45) is 1.76. The molecular weight excluding hydrogens is 152 g/mol. The van der Waals surface area contributed by atoms with Gasteiger partial charge >= 0.3 is 0 Å². The number of carbonyl (C=O) groups excluding carboxylic acids is 1. The molecule has 0 radical (unpaired) electrons. The molecule has 1 aliphatic heterocycles. The summed E-state index contributed by atoms with van der Waals surface area (Å²) in [7, 11) is 0. The fourth-order valence-electron chi connectivity index (χ4n) is 1.29. The van der Waals surface area contributed by atoms with Gasteiger partial charge in [0.15, 0.2) is 0 Å². The van der Waals surface area contributed by atoms with Crippen molar-refractivity contribution in [3.63, 3.8) is 0 Å². The van der Waals surface area contributed by atoms with E-state index in [1.807, 2.05) is 4.90 Å². The van der Waals surface area contributed by atoms with Gasteiger partial charge < -0.3 is 10.6 Å². The van der Waals surface area contributed by atoms with Crippen molar-refractivity contribution in [1.82, 2.24) is 4.90 Å². The fraction of sp³-hybridized carbons (Fsp3) is 0.889. The van der Waals surface area contributed by atoms with Crippen LogP contribution in [0.1, 0.15) is 26.7 Å². The predicted octanol–water partition coefficient (Wildman–Crippen LogP) is 0.592. The largest absolute Gasteiger partial charge is 0.339 e. The number of amides is 1. The monoisotopic (exact) mass is 170 g/mol. The Morgan fingerprint density at radius 2 is 2.25 bits per heavy atom. The first-order chi connectivity index (χ1) is 5.63. The zero-order valence-electron chi connectivity index (χ0n) is 7.92. The minimum absolute atomic E-state index is 0.228. The Labute approximate surface area is 73.9 Å². The normalized spacial score (nSPS) is 20.4. The molecule has 0 unspecified atom stereocenters. The molecule has 70 valence electrons. The first-order valence-corrected chi connectivity index (χ1v) is 4.66. The molecule has 1 heterocycles. The lowest BCUT2D eigenvalue weighted by Gasteiger charge is -2.37. The van der Waals surface area contributed by atoms with Crippen molar-refractivity contribution in [3.05, 3.63) is 0 Å². The molecule has 0 aliphatic carbocycles. The summed E-state index contributed by atoms with van der Waals surface area (Å²) in [5, 5.41) is 0. The number of likely N-dealkylation sites (tertiary alicyclic amines) is 1. The summed E-state index contributed by atoms with van der Waals surface area (Å²) in [4.78, 5) is 13.3. The first kappa shape index (κ1) is 9.52. The van der Waals surface area contributed by atoms with Gasteiger partial charge in [-0.2, -0.15) is 0 Å². The highest BCUT2D eigenvalue weighted by Crippen LogP contribution is 2.13. The van der Waals surface area contributed by atoms with Crippen molar-refractivity contribution < 1.29 is 4.79 Å². The molecule has 1 rings (SSSR count). The Morgan fingerprint density at radius 1 is 1.67 bits per heavy atom. The van der Waals surface area contributed by atoms with Crippen LogP contribution in [0.5, 0.6) is 0 Å². The van der Waals surface area contributed by atoms with E-state index in [4.69, 9.17) is 5.73 Å². The molecule has 0 aromatic heterocycles. The van der Waals surface area contributed by atoms with E-state index in [0.29, 0.717) is 12.3 Å². The number of hydrogen-bond acceptors (Lipinski definition) is 2. The Balaban J connectivity index is 2.20. The zero-order valence-corrected chi connectivity index (χ0v) is 7.92. The quantitative estimate of drug-likeness (QED) is 0.674. The van der Waals surface area contributed by atoms with Crippen LogP contribution in [-0.2, 0) is 4.79 Å². The highest BCUT2D eigenvalue weighted by Gasteiger charge is 2.27. The third kappa shape index (κ3) is 2.21. The van der Waals surface area contributed by atoms with Gasteiger partial charge in [-0.15, -0.1) is 0 Å². The van der Waals surface area contributed by atoms with E-state index in [-0.39, 0.29) is 11.9 Å². The van der Waals surface area contributed by atoms with Crippen molar-refractivity contribution in [1.29, 1.82) is 0 Å². The summed E-state index contributed by atoms with van der Waals surface area (Å²) in [6, 6.07) is 0.228. The standard InChI is InChI=1S/C9H18N2O/c1-3-7(2)4-9(12)11-5-8(10)6-11/h7-8H,3-6,10H2,1-2H3/t7-/m1/s1. The molecule has 3 nitrogen and oxygen atoms in total. The van der Waals surface area contributed by atoms with Crippen LogP contribution < -0.4 is 5.73 Å². The highest BCUT2D eigenvalue weighted by molar-refractivity contribution is 5.77. The summed E-state index contributed by atoms with van der Waals surface area (Å²) in [5.74, 6) is 0.778. The second kappa shape index (κ2) is 3.90. The molecule has 1 atom stereocenters. The van der Waals surface area contributed by atoms with Gasteiger partial charge in [-0.05, 0) is 5.92 Å². The average Bonchev–Trinajstić information content (AvgIpc) is 1.98. The molecule has 1 fully saturated rings. The van der Waals surface area contributed by atoms with E-state index in [1.165, 1.54) is 0 Å². The van der Waals surface area contributed by atoms with Crippen molar-refractivity contribution in [2.24, 2.45) is 11.7 Å². The van der Waals surface area contributed by atoms with E-state index in [0.717, 1.165) is 19.5 Å².